The zero-order valence-corrected chi connectivity index (χ0v) is 29.9. The summed E-state index contributed by atoms with van der Waals surface area (Å²) in [7, 11) is 0. The van der Waals surface area contributed by atoms with Crippen molar-refractivity contribution < 1.29 is 28.9 Å². The van der Waals surface area contributed by atoms with Gasteiger partial charge in [-0.2, -0.15) is 15.6 Å². The summed E-state index contributed by atoms with van der Waals surface area (Å²) in [5, 5.41) is 33.1. The fourth-order valence-electron chi connectivity index (χ4n) is 4.78. The van der Waals surface area contributed by atoms with E-state index in [0.29, 0.717) is 16.8 Å². The smallest absolute Gasteiger partial charge is 0.0991 e. The van der Waals surface area contributed by atoms with E-state index < -0.39 is 11.6 Å². The second-order valence-electron chi connectivity index (χ2n) is 10.8. The van der Waals surface area contributed by atoms with Gasteiger partial charge < -0.3 is 15.2 Å². The zero-order valence-electron chi connectivity index (χ0n) is 27.5. The summed E-state index contributed by atoms with van der Waals surface area (Å²) in [6, 6.07) is 43.6. The van der Waals surface area contributed by atoms with Gasteiger partial charge in [-0.1, -0.05) is 65.9 Å². The van der Waals surface area contributed by atoms with Gasteiger partial charge in [-0.05, 0) is 78.0 Å². The zero-order chi connectivity index (χ0) is 36.1. The first kappa shape index (κ1) is 37.3. The van der Waals surface area contributed by atoms with E-state index in [2.05, 4.69) is 53.6 Å². The summed E-state index contributed by atoms with van der Waals surface area (Å²) >= 11 is 0. The minimum atomic E-state index is -0.649. The second kappa shape index (κ2) is 18.3. The van der Waals surface area contributed by atoms with Crippen molar-refractivity contribution in [2.75, 3.05) is 0 Å². The number of benzene rings is 3. The first-order valence-electron chi connectivity index (χ1n) is 15.7. The number of nitriles is 2. The summed E-state index contributed by atoms with van der Waals surface area (Å²) in [5.74, 6) is -1.29. The van der Waals surface area contributed by atoms with Crippen LogP contribution in [0.25, 0.3) is 56.5 Å². The third kappa shape index (κ3) is 9.84. The summed E-state index contributed by atoms with van der Waals surface area (Å²) < 4.78 is 25.8. The molecule has 0 aliphatic rings. The molecule has 9 nitrogen and oxygen atoms in total. The first-order chi connectivity index (χ1) is 25.5. The third-order valence-electron chi connectivity index (χ3n) is 7.38. The number of hydrogen-bond acceptors (Lipinski definition) is 7. The molecule has 0 unspecified atom stereocenters. The average Bonchev–Trinajstić information content (AvgIpc) is 3.91. The molecule has 8 aromatic rings. The molecule has 0 fully saturated rings. The Labute approximate surface area is 317 Å². The quantitative estimate of drug-likeness (QED) is 0.170. The van der Waals surface area contributed by atoms with Crippen LogP contribution >= 0.6 is 0 Å². The van der Waals surface area contributed by atoms with Crippen LogP contribution in [0.2, 0.25) is 0 Å². The van der Waals surface area contributed by atoms with E-state index >= 15 is 0 Å². The molecule has 1 radical (unpaired) electrons. The predicted octanol–water partition coefficient (Wildman–Crippen LogP) is 8.47. The molecule has 0 saturated heterocycles. The van der Waals surface area contributed by atoms with Gasteiger partial charge in [0.1, 0.15) is 0 Å². The Morgan fingerprint density at radius 1 is 0.604 bits per heavy atom. The van der Waals surface area contributed by atoms with E-state index in [-0.39, 0.29) is 25.7 Å². The van der Waals surface area contributed by atoms with Crippen LogP contribution in [0.5, 0.6) is 0 Å². The van der Waals surface area contributed by atoms with E-state index in [1.54, 1.807) is 61.1 Å². The van der Waals surface area contributed by atoms with Crippen molar-refractivity contribution in [3.05, 3.63) is 175 Å². The molecule has 5 heterocycles. The molecule has 8 rings (SSSR count). The Balaban J connectivity index is 0.000000154. The molecule has 0 amide bonds. The summed E-state index contributed by atoms with van der Waals surface area (Å²) in [6.07, 6.45) is 5.02. The fourth-order valence-corrected chi connectivity index (χ4v) is 4.78. The molecule has 0 aliphatic heterocycles. The number of hydrogen-bond donors (Lipinski definition) is 1. The predicted molar refractivity (Wildman–Crippen MR) is 191 cm³/mol. The number of rotatable bonds is 5. The average molecular weight is 874 g/mol. The van der Waals surface area contributed by atoms with Crippen LogP contribution in [-0.2, 0) is 20.1 Å². The Kier molecular flexibility index (Phi) is 12.9. The van der Waals surface area contributed by atoms with Crippen LogP contribution in [0.15, 0.2) is 146 Å². The first-order valence-corrected chi connectivity index (χ1v) is 15.7. The Morgan fingerprint density at radius 2 is 1.15 bits per heavy atom. The van der Waals surface area contributed by atoms with Crippen molar-refractivity contribution in [3.63, 3.8) is 0 Å². The summed E-state index contributed by atoms with van der Waals surface area (Å²) in [4.78, 5) is 12.5. The molecule has 0 spiro atoms. The molecular weight excluding hydrogens is 849 g/mol. The minimum absolute atomic E-state index is 0. The maximum atomic E-state index is 13.2. The van der Waals surface area contributed by atoms with Gasteiger partial charge in [0.2, 0.25) is 0 Å². The monoisotopic (exact) mass is 874 g/mol. The molecule has 12 heteroatoms. The van der Waals surface area contributed by atoms with Crippen molar-refractivity contribution >= 4 is 0 Å². The van der Waals surface area contributed by atoms with Crippen molar-refractivity contribution in [1.29, 1.82) is 10.5 Å². The Morgan fingerprint density at radius 3 is 1.68 bits per heavy atom. The number of pyridine rings is 3. The van der Waals surface area contributed by atoms with Gasteiger partial charge in [-0.3, -0.25) is 23.8 Å². The van der Waals surface area contributed by atoms with Gasteiger partial charge in [0.05, 0.1) is 40.3 Å². The van der Waals surface area contributed by atoms with Crippen LogP contribution < -0.4 is 5.10 Å². The number of aromatic amines is 1. The largest absolute Gasteiger partial charge is 0.573 e. The molecule has 53 heavy (non-hydrogen) atoms. The van der Waals surface area contributed by atoms with Gasteiger partial charge >= 0.3 is 0 Å². The third-order valence-corrected chi connectivity index (χ3v) is 7.38. The molecule has 5 aromatic heterocycles. The van der Waals surface area contributed by atoms with Gasteiger partial charge in [-0.15, -0.1) is 12.1 Å². The Hall–Kier alpha value is -6.98. The minimum Gasteiger partial charge on any atom is -0.573 e. The van der Waals surface area contributed by atoms with Crippen LogP contribution in [0, 0.1) is 40.4 Å². The maximum Gasteiger partial charge on any atom is 0.0991 e. The molecule has 3 aromatic carbocycles. The number of H-pyrrole nitrogens is 1. The Bertz CT molecular complexity index is 2310. The van der Waals surface area contributed by atoms with E-state index in [0.717, 1.165) is 57.4 Å². The maximum absolute atomic E-state index is 13.2. The normalized spacial score (nSPS) is 9.89. The molecule has 0 aliphatic carbocycles. The van der Waals surface area contributed by atoms with E-state index in [1.807, 2.05) is 72.8 Å². The fraction of sp³-hybridized carbons (Fsp3) is 0. The molecule has 1 N–H and O–H groups in total. The van der Waals surface area contributed by atoms with Crippen LogP contribution in [0.3, 0.4) is 0 Å². The van der Waals surface area contributed by atoms with E-state index in [9.17, 15) is 8.78 Å². The van der Waals surface area contributed by atoms with Gasteiger partial charge in [0.15, 0.2) is 0 Å². The summed E-state index contributed by atoms with van der Waals surface area (Å²) in [6.45, 7) is 0. The molecule has 259 valence electrons. The molecular formula is C41H25F2IrN9-2. The van der Waals surface area contributed by atoms with Gasteiger partial charge in [0, 0.05) is 67.3 Å². The van der Waals surface area contributed by atoms with Crippen molar-refractivity contribution in [1.82, 2.24) is 35.3 Å². The van der Waals surface area contributed by atoms with Crippen LogP contribution in [-0.4, -0.2) is 30.2 Å². The van der Waals surface area contributed by atoms with Crippen LogP contribution in [0.1, 0.15) is 11.1 Å². The van der Waals surface area contributed by atoms with Gasteiger partial charge in [0.25, 0.3) is 0 Å². The topological polar surface area (TPSA) is 142 Å². The van der Waals surface area contributed by atoms with Crippen molar-refractivity contribution in [3.8, 4) is 68.7 Å². The SMILES string of the molecule is Fc1c[c-]c(-c2ccccn2)c(F)c1.N#Cc1ccc(-c2cc(-c3ccccn3)[n-]n2)cc1.N#Cc1ccc(-c2cc(-c3ccccn3)[nH]n2)cc1.[Ir]. The van der Waals surface area contributed by atoms with E-state index in [4.69, 9.17) is 10.5 Å². The molecule has 0 atom stereocenters. The van der Waals surface area contributed by atoms with Gasteiger partial charge in [-0.25, -0.2) is 0 Å². The van der Waals surface area contributed by atoms with Crippen molar-refractivity contribution in [2.45, 2.75) is 0 Å². The number of aromatic nitrogens is 7. The number of halogens is 2. The number of nitrogens with zero attached hydrogens (tertiary/aromatic N) is 8. The van der Waals surface area contributed by atoms with Crippen molar-refractivity contribution in [2.24, 2.45) is 0 Å². The number of nitrogens with one attached hydrogen (secondary N) is 1. The van der Waals surface area contributed by atoms with Crippen LogP contribution in [0.4, 0.5) is 8.78 Å². The van der Waals surface area contributed by atoms with E-state index in [1.165, 1.54) is 0 Å². The molecule has 0 bridgehead atoms. The standard InChI is InChI=1S/C15H10N4.C15H9N4.C11H6F2N.Ir/c2*16-10-11-4-6-12(7-5-11)14-9-15(19-18-14)13-3-1-2-8-17-13;12-8-4-5-9(10(13)7-8)11-3-1-2-6-14-11;/h1-9H,(H,18,19);1-9H;1-4,6-7H;/q;2*-1;. The molecule has 0 saturated carbocycles. The summed E-state index contributed by atoms with van der Waals surface area (Å²) in [5.41, 5.74) is 8.72. The second-order valence-corrected chi connectivity index (χ2v) is 10.8.